The van der Waals surface area contributed by atoms with Gasteiger partial charge in [0.25, 0.3) is 0 Å². The lowest BCUT2D eigenvalue weighted by Crippen LogP contribution is -2.38. The highest BCUT2D eigenvalue weighted by Crippen LogP contribution is 2.17. The lowest BCUT2D eigenvalue weighted by atomic mass is 10.1. The molecule has 0 aromatic carbocycles. The number of pyridine rings is 1. The second kappa shape index (κ2) is 5.22. The van der Waals surface area contributed by atoms with Crippen LogP contribution < -0.4 is 10.4 Å². The van der Waals surface area contributed by atoms with Gasteiger partial charge in [-0.15, -0.1) is 0 Å². The molecule has 0 unspecified atom stereocenters. The summed E-state index contributed by atoms with van der Waals surface area (Å²) in [6, 6.07) is 5.47. The van der Waals surface area contributed by atoms with Gasteiger partial charge in [0.2, 0.25) is 0 Å². The third kappa shape index (κ3) is 3.00. The van der Waals surface area contributed by atoms with Crippen molar-refractivity contribution in [2.24, 2.45) is 0 Å². The molecule has 0 spiro atoms. The Morgan fingerprint density at radius 1 is 1.39 bits per heavy atom. The third-order valence-corrected chi connectivity index (χ3v) is 2.44. The van der Waals surface area contributed by atoms with Crippen LogP contribution in [0.15, 0.2) is 36.8 Å². The quantitative estimate of drug-likeness (QED) is 0.764. The van der Waals surface area contributed by atoms with E-state index in [4.69, 9.17) is 10.8 Å². The van der Waals surface area contributed by atoms with Crippen LogP contribution >= 0.6 is 0 Å². The zero-order chi connectivity index (χ0) is 13.0. The number of rotatable bonds is 4. The van der Waals surface area contributed by atoms with E-state index in [2.05, 4.69) is 10.1 Å². The standard InChI is InChI=1S/C12H12N4O2/c13-11-7-9(1-4-14-11)10-2-5-16(15-8-10)6-3-12(17)18/h1-2,4-5,7-8H,3,6H2,(H2-,13,14,17,18)/p+1. The normalized spacial score (nSPS) is 10.2. The van der Waals surface area contributed by atoms with E-state index >= 15 is 0 Å². The van der Waals surface area contributed by atoms with E-state index in [1.165, 1.54) is 0 Å². The Bertz CT molecular complexity index is 554. The van der Waals surface area contributed by atoms with Crippen LogP contribution in [0.25, 0.3) is 11.1 Å². The number of nitrogen functional groups attached to an aromatic ring is 1. The van der Waals surface area contributed by atoms with Crippen molar-refractivity contribution in [3.05, 3.63) is 36.8 Å². The van der Waals surface area contributed by atoms with Crippen molar-refractivity contribution in [1.29, 1.82) is 0 Å². The zero-order valence-corrected chi connectivity index (χ0v) is 9.65. The van der Waals surface area contributed by atoms with Crippen molar-refractivity contribution in [3.8, 4) is 11.1 Å². The molecule has 2 rings (SSSR count). The van der Waals surface area contributed by atoms with Gasteiger partial charge in [-0.25, -0.2) is 4.98 Å². The second-order valence-electron chi connectivity index (χ2n) is 3.79. The molecule has 0 bridgehead atoms. The van der Waals surface area contributed by atoms with Gasteiger partial charge in [0, 0.05) is 17.8 Å². The average molecular weight is 245 g/mol. The first-order valence-electron chi connectivity index (χ1n) is 5.44. The Balaban J connectivity index is 2.14. The minimum atomic E-state index is -0.838. The van der Waals surface area contributed by atoms with Gasteiger partial charge in [-0.1, -0.05) is 4.68 Å². The van der Waals surface area contributed by atoms with Crippen molar-refractivity contribution in [2.75, 3.05) is 5.73 Å². The molecule has 0 atom stereocenters. The van der Waals surface area contributed by atoms with Crippen LogP contribution in [-0.2, 0) is 11.3 Å². The molecule has 0 aliphatic rings. The maximum absolute atomic E-state index is 10.4. The maximum Gasteiger partial charge on any atom is 0.309 e. The largest absolute Gasteiger partial charge is 0.481 e. The zero-order valence-electron chi connectivity index (χ0n) is 9.65. The summed E-state index contributed by atoms with van der Waals surface area (Å²) < 4.78 is 1.59. The van der Waals surface area contributed by atoms with Crippen molar-refractivity contribution < 1.29 is 14.6 Å². The number of carbonyl (C=O) groups is 1. The number of hydrogen-bond donors (Lipinski definition) is 2. The Morgan fingerprint density at radius 2 is 2.22 bits per heavy atom. The third-order valence-electron chi connectivity index (χ3n) is 2.44. The number of aryl methyl sites for hydroxylation is 1. The topological polar surface area (TPSA) is 93.0 Å². The van der Waals surface area contributed by atoms with E-state index in [0.29, 0.717) is 12.4 Å². The number of nitrogens with two attached hydrogens (primary N) is 1. The van der Waals surface area contributed by atoms with E-state index in [1.54, 1.807) is 29.3 Å². The van der Waals surface area contributed by atoms with Crippen LogP contribution in [0.1, 0.15) is 6.42 Å². The molecule has 2 aromatic rings. The smallest absolute Gasteiger partial charge is 0.309 e. The summed E-state index contributed by atoms with van der Waals surface area (Å²) in [5.74, 6) is -0.384. The number of nitrogens with zero attached hydrogens (tertiary/aromatic N) is 3. The van der Waals surface area contributed by atoms with Gasteiger partial charge >= 0.3 is 5.97 Å². The van der Waals surface area contributed by atoms with E-state index in [1.807, 2.05) is 12.1 Å². The Hall–Kier alpha value is -2.50. The number of carboxylic acid groups (broad SMARTS) is 1. The van der Waals surface area contributed by atoms with Crippen LogP contribution in [0.4, 0.5) is 5.82 Å². The first kappa shape index (κ1) is 12.0. The molecule has 0 aliphatic carbocycles. The minimum Gasteiger partial charge on any atom is -0.481 e. The van der Waals surface area contributed by atoms with E-state index in [0.717, 1.165) is 11.1 Å². The summed E-state index contributed by atoms with van der Waals surface area (Å²) in [5.41, 5.74) is 7.45. The molecule has 6 heteroatoms. The Morgan fingerprint density at radius 3 is 2.83 bits per heavy atom. The first-order valence-corrected chi connectivity index (χ1v) is 5.44. The Kier molecular flexibility index (Phi) is 3.47. The molecule has 0 saturated carbocycles. The molecule has 0 saturated heterocycles. The fourth-order valence-corrected chi connectivity index (χ4v) is 1.53. The van der Waals surface area contributed by atoms with Gasteiger partial charge < -0.3 is 10.8 Å². The van der Waals surface area contributed by atoms with Gasteiger partial charge in [0.15, 0.2) is 12.7 Å². The fraction of sp³-hybridized carbons (Fsp3) is 0.167. The van der Waals surface area contributed by atoms with Crippen molar-refractivity contribution in [2.45, 2.75) is 13.0 Å². The molecule has 2 heterocycles. The minimum absolute atomic E-state index is 0.0548. The fourth-order valence-electron chi connectivity index (χ4n) is 1.53. The monoisotopic (exact) mass is 245 g/mol. The average Bonchev–Trinajstić information content (AvgIpc) is 2.37. The van der Waals surface area contributed by atoms with Crippen molar-refractivity contribution >= 4 is 11.8 Å². The van der Waals surface area contributed by atoms with E-state index < -0.39 is 5.97 Å². The number of anilines is 1. The highest BCUT2D eigenvalue weighted by Gasteiger charge is 2.07. The molecule has 92 valence electrons. The van der Waals surface area contributed by atoms with Crippen LogP contribution in [-0.4, -0.2) is 21.2 Å². The molecule has 3 N–H and O–H groups in total. The lowest BCUT2D eigenvalue weighted by molar-refractivity contribution is -0.752. The molecular weight excluding hydrogens is 232 g/mol. The molecule has 0 fully saturated rings. The van der Waals surface area contributed by atoms with E-state index in [9.17, 15) is 4.79 Å². The summed E-state index contributed by atoms with van der Waals surface area (Å²) in [6.07, 6.45) is 5.11. The first-order chi connectivity index (χ1) is 8.65. The lowest BCUT2D eigenvalue weighted by Gasteiger charge is -2.00. The van der Waals surface area contributed by atoms with Crippen LogP contribution in [0.3, 0.4) is 0 Å². The predicted octanol–water partition coefficient (Wildman–Crippen LogP) is 0.488. The van der Waals surface area contributed by atoms with Crippen molar-refractivity contribution in [3.63, 3.8) is 0 Å². The van der Waals surface area contributed by atoms with Crippen molar-refractivity contribution in [1.82, 2.24) is 10.1 Å². The number of carboxylic acids is 1. The van der Waals surface area contributed by atoms with Crippen LogP contribution in [0.2, 0.25) is 0 Å². The number of aromatic nitrogens is 3. The van der Waals surface area contributed by atoms with Crippen LogP contribution in [0.5, 0.6) is 0 Å². The summed E-state index contributed by atoms with van der Waals surface area (Å²) in [4.78, 5) is 14.4. The van der Waals surface area contributed by atoms with Gasteiger partial charge in [-0.3, -0.25) is 4.79 Å². The molecular formula is C12H13N4O2+. The number of aliphatic carboxylic acids is 1. The summed E-state index contributed by atoms with van der Waals surface area (Å²) >= 11 is 0. The summed E-state index contributed by atoms with van der Waals surface area (Å²) in [7, 11) is 0. The predicted molar refractivity (Wildman–Crippen MR) is 64.3 cm³/mol. The number of hydrogen-bond acceptors (Lipinski definition) is 4. The highest BCUT2D eigenvalue weighted by atomic mass is 16.4. The summed E-state index contributed by atoms with van der Waals surface area (Å²) in [5, 5.41) is 12.7. The van der Waals surface area contributed by atoms with Gasteiger partial charge in [-0.05, 0) is 22.8 Å². The molecule has 18 heavy (non-hydrogen) atoms. The molecule has 0 radical (unpaired) electrons. The van der Waals surface area contributed by atoms with Gasteiger partial charge in [0.05, 0.1) is 0 Å². The highest BCUT2D eigenvalue weighted by molar-refractivity contribution is 5.66. The second-order valence-corrected chi connectivity index (χ2v) is 3.79. The molecule has 2 aromatic heterocycles. The molecule has 0 amide bonds. The molecule has 6 nitrogen and oxygen atoms in total. The molecule has 0 aliphatic heterocycles. The maximum atomic E-state index is 10.4. The summed E-state index contributed by atoms with van der Waals surface area (Å²) in [6.45, 7) is 0.355. The van der Waals surface area contributed by atoms with Gasteiger partial charge in [0.1, 0.15) is 18.4 Å². The SMILES string of the molecule is Nc1cc(-c2cc[n+](CCC(=O)O)nc2)ccn1. The van der Waals surface area contributed by atoms with Crippen LogP contribution in [0, 0.1) is 0 Å². The van der Waals surface area contributed by atoms with E-state index in [-0.39, 0.29) is 6.42 Å². The van der Waals surface area contributed by atoms with Gasteiger partial charge in [-0.2, -0.15) is 0 Å². The Labute approximate surface area is 104 Å².